The Morgan fingerprint density at radius 2 is 2.47 bits per heavy atom. The molecule has 0 aliphatic carbocycles. The highest BCUT2D eigenvalue weighted by Gasteiger charge is 2.00. The van der Waals surface area contributed by atoms with Crippen molar-refractivity contribution in [3.63, 3.8) is 0 Å². The number of hydrogen-bond acceptors (Lipinski definition) is 4. The first-order valence-corrected chi connectivity index (χ1v) is 5.66. The van der Waals surface area contributed by atoms with E-state index < -0.39 is 0 Å². The van der Waals surface area contributed by atoms with Crippen molar-refractivity contribution in [2.75, 3.05) is 13.7 Å². The number of methoxy groups -OCH3 is 1. The van der Waals surface area contributed by atoms with Crippen LogP contribution in [0.1, 0.15) is 11.8 Å². The third-order valence-corrected chi connectivity index (χ3v) is 2.83. The predicted octanol–water partition coefficient (Wildman–Crippen LogP) is 2.26. The molecular weight excluding hydrogens is 210 g/mol. The van der Waals surface area contributed by atoms with Crippen LogP contribution in [0.25, 0.3) is 0 Å². The molecule has 4 heteroatoms. The van der Waals surface area contributed by atoms with Crippen LogP contribution in [0.2, 0.25) is 0 Å². The van der Waals surface area contributed by atoms with Crippen LogP contribution in [-0.4, -0.2) is 24.5 Å². The summed E-state index contributed by atoms with van der Waals surface area (Å²) in [4.78, 5) is 14.2. The first-order valence-electron chi connectivity index (χ1n) is 4.78. The molecule has 0 bridgehead atoms. The second-order valence-corrected chi connectivity index (χ2v) is 4.01. The molecule has 1 heterocycles. The monoisotopic (exact) mass is 225 g/mol. The SMILES string of the molecule is CCN(C=CC(=O)OC)Cc1cccs1. The zero-order valence-corrected chi connectivity index (χ0v) is 9.79. The molecule has 0 aromatic carbocycles. The van der Waals surface area contributed by atoms with Crippen molar-refractivity contribution in [3.8, 4) is 0 Å². The van der Waals surface area contributed by atoms with Crippen molar-refractivity contribution >= 4 is 17.3 Å². The van der Waals surface area contributed by atoms with Gasteiger partial charge in [-0.2, -0.15) is 0 Å². The van der Waals surface area contributed by atoms with Crippen molar-refractivity contribution in [2.45, 2.75) is 13.5 Å². The van der Waals surface area contributed by atoms with Gasteiger partial charge in [-0.3, -0.25) is 0 Å². The predicted molar refractivity (Wildman–Crippen MR) is 61.6 cm³/mol. The van der Waals surface area contributed by atoms with Gasteiger partial charge in [-0.25, -0.2) is 4.79 Å². The van der Waals surface area contributed by atoms with E-state index in [9.17, 15) is 4.79 Å². The highest BCUT2D eigenvalue weighted by Crippen LogP contribution is 2.11. The smallest absolute Gasteiger partial charge is 0.331 e. The fraction of sp³-hybridized carbons (Fsp3) is 0.364. The number of esters is 1. The summed E-state index contributed by atoms with van der Waals surface area (Å²) >= 11 is 1.71. The molecule has 0 amide bonds. The Balaban J connectivity index is 2.49. The van der Waals surface area contributed by atoms with Crippen LogP contribution < -0.4 is 0 Å². The molecule has 0 spiro atoms. The average molecular weight is 225 g/mol. The molecule has 0 aliphatic heterocycles. The van der Waals surface area contributed by atoms with E-state index in [2.05, 4.69) is 22.6 Å². The molecule has 1 aromatic heterocycles. The van der Waals surface area contributed by atoms with Crippen LogP contribution in [-0.2, 0) is 16.1 Å². The van der Waals surface area contributed by atoms with Gasteiger partial charge in [0, 0.05) is 23.7 Å². The van der Waals surface area contributed by atoms with Crippen molar-refractivity contribution in [2.24, 2.45) is 0 Å². The molecule has 82 valence electrons. The number of carbonyl (C=O) groups excluding carboxylic acids is 1. The summed E-state index contributed by atoms with van der Waals surface area (Å²) in [7, 11) is 1.38. The number of hydrogen-bond donors (Lipinski definition) is 0. The number of nitrogens with zero attached hydrogens (tertiary/aromatic N) is 1. The first kappa shape index (κ1) is 11.8. The minimum Gasteiger partial charge on any atom is -0.466 e. The standard InChI is InChI=1S/C11H15NO2S/c1-3-12(7-6-11(13)14-2)9-10-5-4-8-15-10/h4-8H,3,9H2,1-2H3. The van der Waals surface area contributed by atoms with Gasteiger partial charge in [-0.1, -0.05) is 6.07 Å². The Kier molecular flexibility index (Phi) is 4.90. The molecule has 1 rings (SSSR count). The number of ether oxygens (including phenoxy) is 1. The van der Waals surface area contributed by atoms with Gasteiger partial charge < -0.3 is 9.64 Å². The van der Waals surface area contributed by atoms with Crippen LogP contribution in [0.5, 0.6) is 0 Å². The van der Waals surface area contributed by atoms with Gasteiger partial charge in [-0.05, 0) is 18.4 Å². The van der Waals surface area contributed by atoms with Crippen LogP contribution in [0.4, 0.5) is 0 Å². The van der Waals surface area contributed by atoms with Crippen molar-refractivity contribution in [1.29, 1.82) is 0 Å². The van der Waals surface area contributed by atoms with Crippen LogP contribution in [0.3, 0.4) is 0 Å². The Labute approximate surface area is 94.0 Å². The number of carbonyl (C=O) groups is 1. The van der Waals surface area contributed by atoms with Gasteiger partial charge in [0.25, 0.3) is 0 Å². The number of rotatable bonds is 5. The maximum absolute atomic E-state index is 10.9. The van der Waals surface area contributed by atoms with Crippen molar-refractivity contribution in [1.82, 2.24) is 4.90 Å². The van der Waals surface area contributed by atoms with Crippen LogP contribution >= 0.6 is 11.3 Å². The average Bonchev–Trinajstić information content (AvgIpc) is 2.76. The minimum absolute atomic E-state index is 0.320. The largest absolute Gasteiger partial charge is 0.466 e. The van der Waals surface area contributed by atoms with Gasteiger partial charge in [0.15, 0.2) is 0 Å². The summed E-state index contributed by atoms with van der Waals surface area (Å²) in [5, 5.41) is 2.05. The van der Waals surface area contributed by atoms with E-state index in [0.717, 1.165) is 13.1 Å². The number of thiophene rings is 1. The summed E-state index contributed by atoms with van der Waals surface area (Å²) in [6, 6.07) is 4.11. The molecule has 0 saturated heterocycles. The van der Waals surface area contributed by atoms with Crippen molar-refractivity contribution in [3.05, 3.63) is 34.7 Å². The maximum atomic E-state index is 10.9. The Hall–Kier alpha value is -1.29. The van der Waals surface area contributed by atoms with Gasteiger partial charge >= 0.3 is 5.97 Å². The molecule has 0 fully saturated rings. The fourth-order valence-electron chi connectivity index (χ4n) is 1.11. The molecule has 15 heavy (non-hydrogen) atoms. The lowest BCUT2D eigenvalue weighted by atomic mass is 10.4. The first-order chi connectivity index (χ1) is 7.26. The normalized spacial score (nSPS) is 10.5. The Morgan fingerprint density at radius 1 is 1.67 bits per heavy atom. The van der Waals surface area contributed by atoms with E-state index in [0.29, 0.717) is 0 Å². The maximum Gasteiger partial charge on any atom is 0.331 e. The lowest BCUT2D eigenvalue weighted by Crippen LogP contribution is -2.15. The lowest BCUT2D eigenvalue weighted by molar-refractivity contribution is -0.134. The molecule has 3 nitrogen and oxygen atoms in total. The second kappa shape index (κ2) is 6.24. The van der Waals surface area contributed by atoms with E-state index >= 15 is 0 Å². The summed E-state index contributed by atoms with van der Waals surface area (Å²) in [5.74, 6) is -0.320. The molecule has 0 atom stereocenters. The fourth-order valence-corrected chi connectivity index (χ4v) is 1.84. The van der Waals surface area contributed by atoms with Gasteiger partial charge in [0.2, 0.25) is 0 Å². The highest BCUT2D eigenvalue weighted by molar-refractivity contribution is 7.09. The van der Waals surface area contributed by atoms with Crippen LogP contribution in [0, 0.1) is 0 Å². The summed E-state index contributed by atoms with van der Waals surface area (Å²) in [6.45, 7) is 3.75. The second-order valence-electron chi connectivity index (χ2n) is 2.98. The molecule has 1 aromatic rings. The molecular formula is C11H15NO2S. The molecule has 0 N–H and O–H groups in total. The molecule has 0 unspecified atom stereocenters. The topological polar surface area (TPSA) is 29.5 Å². The van der Waals surface area contributed by atoms with E-state index in [4.69, 9.17) is 0 Å². The zero-order chi connectivity index (χ0) is 11.1. The van der Waals surface area contributed by atoms with Crippen LogP contribution in [0.15, 0.2) is 29.8 Å². The summed E-state index contributed by atoms with van der Waals surface area (Å²) in [6.07, 6.45) is 3.21. The van der Waals surface area contributed by atoms with Crippen molar-refractivity contribution < 1.29 is 9.53 Å². The van der Waals surface area contributed by atoms with E-state index in [-0.39, 0.29) is 5.97 Å². The highest BCUT2D eigenvalue weighted by atomic mass is 32.1. The van der Waals surface area contributed by atoms with Gasteiger partial charge in [0.05, 0.1) is 13.7 Å². The van der Waals surface area contributed by atoms with E-state index in [1.54, 1.807) is 17.5 Å². The quantitative estimate of drug-likeness (QED) is 0.568. The molecule has 0 aliphatic rings. The van der Waals surface area contributed by atoms with E-state index in [1.807, 2.05) is 11.4 Å². The third kappa shape index (κ3) is 4.16. The van der Waals surface area contributed by atoms with Gasteiger partial charge in [-0.15, -0.1) is 11.3 Å². The molecule has 0 saturated carbocycles. The summed E-state index contributed by atoms with van der Waals surface area (Å²) < 4.78 is 4.53. The van der Waals surface area contributed by atoms with Gasteiger partial charge in [0.1, 0.15) is 0 Å². The molecule has 0 radical (unpaired) electrons. The minimum atomic E-state index is -0.320. The Morgan fingerprint density at radius 3 is 3.00 bits per heavy atom. The third-order valence-electron chi connectivity index (χ3n) is 1.97. The zero-order valence-electron chi connectivity index (χ0n) is 8.97. The Bertz CT molecular complexity index is 319. The van der Waals surface area contributed by atoms with E-state index in [1.165, 1.54) is 18.1 Å². The lowest BCUT2D eigenvalue weighted by Gasteiger charge is -2.16. The summed E-state index contributed by atoms with van der Waals surface area (Å²) in [5.41, 5.74) is 0.